The number of furan rings is 1. The summed E-state index contributed by atoms with van der Waals surface area (Å²) in [5.41, 5.74) is 0.533. The van der Waals surface area contributed by atoms with Crippen LogP contribution in [0.5, 0.6) is 0 Å². The first-order chi connectivity index (χ1) is 16.2. The molecule has 3 rings (SSSR count). The summed E-state index contributed by atoms with van der Waals surface area (Å²) >= 11 is 6.22. The lowest BCUT2D eigenvalue weighted by molar-refractivity contribution is 0.0443. The Balaban J connectivity index is 1.83. The van der Waals surface area contributed by atoms with Crippen LogP contribution in [0.3, 0.4) is 0 Å². The van der Waals surface area contributed by atoms with E-state index in [4.69, 9.17) is 20.8 Å². The Labute approximate surface area is 202 Å². The molecule has 0 aliphatic heterocycles. The first kappa shape index (κ1) is 25.1. The first-order valence-electron chi connectivity index (χ1n) is 10.0. The van der Waals surface area contributed by atoms with Crippen LogP contribution >= 0.6 is 11.6 Å². The zero-order chi connectivity index (χ0) is 24.9. The molecule has 1 heterocycles. The van der Waals surface area contributed by atoms with Gasteiger partial charge in [-0.1, -0.05) is 35.9 Å². The molecule has 0 atom stereocenters. The van der Waals surface area contributed by atoms with Gasteiger partial charge in [-0.05, 0) is 43.3 Å². The van der Waals surface area contributed by atoms with Gasteiger partial charge in [-0.2, -0.15) is 0 Å². The average molecular weight is 504 g/mol. The van der Waals surface area contributed by atoms with E-state index in [1.54, 1.807) is 31.2 Å². The molecule has 0 saturated heterocycles. The molecule has 10 heteroatoms. The number of carbonyl (C=O) groups is 2. The van der Waals surface area contributed by atoms with Gasteiger partial charge in [0.25, 0.3) is 10.0 Å². The van der Waals surface area contributed by atoms with Crippen LogP contribution in [0.4, 0.5) is 5.69 Å². The van der Waals surface area contributed by atoms with Crippen LogP contribution < -0.4 is 4.31 Å². The predicted octanol–water partition coefficient (Wildman–Crippen LogP) is 4.77. The molecule has 0 aliphatic carbocycles. The summed E-state index contributed by atoms with van der Waals surface area (Å²) in [7, 11) is -2.83. The highest BCUT2D eigenvalue weighted by Gasteiger charge is 2.26. The predicted molar refractivity (Wildman–Crippen MR) is 127 cm³/mol. The molecule has 0 unspecified atom stereocenters. The maximum Gasteiger partial charge on any atom is 0.341 e. The van der Waals surface area contributed by atoms with E-state index in [0.29, 0.717) is 5.76 Å². The molecular weight excluding hydrogens is 482 g/mol. The van der Waals surface area contributed by atoms with Crippen LogP contribution in [0.15, 0.2) is 76.6 Å². The van der Waals surface area contributed by atoms with Gasteiger partial charge >= 0.3 is 11.9 Å². The normalized spacial score (nSPS) is 11.0. The summed E-state index contributed by atoms with van der Waals surface area (Å²) in [6, 6.07) is 13.4. The van der Waals surface area contributed by atoms with E-state index in [-0.39, 0.29) is 45.6 Å². The number of carbonyl (C=O) groups excluding carboxylic acids is 2. The number of halogens is 1. The first-order valence-corrected chi connectivity index (χ1v) is 11.8. The van der Waals surface area contributed by atoms with Crippen molar-refractivity contribution in [2.24, 2.45) is 0 Å². The quantitative estimate of drug-likeness (QED) is 0.306. The molecule has 0 fully saturated rings. The number of hydrogen-bond donors (Lipinski definition) is 0. The van der Waals surface area contributed by atoms with Crippen molar-refractivity contribution in [3.8, 4) is 0 Å². The summed E-state index contributed by atoms with van der Waals surface area (Å²) in [6.45, 7) is 4.93. The number of anilines is 1. The average Bonchev–Trinajstić information content (AvgIpc) is 3.21. The minimum Gasteiger partial charge on any atom is -0.465 e. The molecular formula is C24H22ClNO7S. The summed E-state index contributed by atoms with van der Waals surface area (Å²) in [5.74, 6) is -0.767. The number of nitrogens with zero attached hydrogens (tertiary/aromatic N) is 1. The number of sulfonamides is 1. The van der Waals surface area contributed by atoms with Gasteiger partial charge in [-0.15, -0.1) is 6.58 Å². The van der Waals surface area contributed by atoms with E-state index in [1.807, 2.05) is 0 Å². The van der Waals surface area contributed by atoms with Crippen molar-refractivity contribution in [3.05, 3.63) is 94.9 Å². The monoisotopic (exact) mass is 503 g/mol. The summed E-state index contributed by atoms with van der Waals surface area (Å²) in [5, 5.41) is 0.253. The van der Waals surface area contributed by atoms with E-state index in [1.165, 1.54) is 43.5 Å². The Morgan fingerprint density at radius 1 is 1.12 bits per heavy atom. The van der Waals surface area contributed by atoms with E-state index < -0.39 is 22.0 Å². The molecule has 178 valence electrons. The van der Waals surface area contributed by atoms with E-state index in [0.717, 1.165) is 4.31 Å². The van der Waals surface area contributed by atoms with E-state index in [2.05, 4.69) is 11.3 Å². The Hall–Kier alpha value is -3.56. The fraction of sp³-hybridized carbons (Fsp3) is 0.167. The number of hydrogen-bond acceptors (Lipinski definition) is 7. The highest BCUT2D eigenvalue weighted by Crippen LogP contribution is 2.30. The van der Waals surface area contributed by atoms with Crippen LogP contribution in [0, 0.1) is 6.92 Å². The lowest BCUT2D eigenvalue weighted by Crippen LogP contribution is -2.31. The lowest BCUT2D eigenvalue weighted by atomic mass is 10.2. The van der Waals surface area contributed by atoms with Gasteiger partial charge in [0, 0.05) is 0 Å². The largest absolute Gasteiger partial charge is 0.465 e. The molecule has 0 amide bonds. The van der Waals surface area contributed by atoms with Crippen LogP contribution in [0.2, 0.25) is 5.02 Å². The van der Waals surface area contributed by atoms with Gasteiger partial charge < -0.3 is 13.9 Å². The van der Waals surface area contributed by atoms with Gasteiger partial charge in [0.15, 0.2) is 0 Å². The number of aryl methyl sites for hydroxylation is 1. The highest BCUT2D eigenvalue weighted by molar-refractivity contribution is 7.92. The number of esters is 2. The third-order valence-electron chi connectivity index (χ3n) is 4.79. The fourth-order valence-electron chi connectivity index (χ4n) is 3.16. The molecule has 0 bridgehead atoms. The van der Waals surface area contributed by atoms with Crippen molar-refractivity contribution in [2.75, 3.05) is 18.0 Å². The van der Waals surface area contributed by atoms with Crippen molar-refractivity contribution in [3.63, 3.8) is 0 Å². The second kappa shape index (κ2) is 10.6. The zero-order valence-corrected chi connectivity index (χ0v) is 20.1. The molecule has 0 radical (unpaired) electrons. The lowest BCUT2D eigenvalue weighted by Gasteiger charge is -2.24. The third kappa shape index (κ3) is 5.32. The fourth-order valence-corrected chi connectivity index (χ4v) is 4.94. The van der Waals surface area contributed by atoms with Crippen molar-refractivity contribution in [1.82, 2.24) is 0 Å². The number of rotatable bonds is 9. The van der Waals surface area contributed by atoms with Crippen molar-refractivity contribution in [1.29, 1.82) is 0 Å². The SMILES string of the molecule is C=CCN(c1ccccc1Cl)S(=O)(=O)c1cccc(C(=O)OCc2cc(C(=O)OC)c(C)o2)c1. The molecule has 3 aromatic rings. The molecule has 8 nitrogen and oxygen atoms in total. The Morgan fingerprint density at radius 3 is 2.53 bits per heavy atom. The summed E-state index contributed by atoms with van der Waals surface area (Å²) in [6.07, 6.45) is 1.44. The molecule has 0 N–H and O–H groups in total. The van der Waals surface area contributed by atoms with Crippen molar-refractivity contribution < 1.29 is 31.9 Å². The Morgan fingerprint density at radius 2 is 1.85 bits per heavy atom. The van der Waals surface area contributed by atoms with Gasteiger partial charge in [0.05, 0.1) is 34.8 Å². The van der Waals surface area contributed by atoms with Crippen LogP contribution in [-0.2, 0) is 26.1 Å². The zero-order valence-electron chi connectivity index (χ0n) is 18.5. The second-order valence-electron chi connectivity index (χ2n) is 7.05. The van der Waals surface area contributed by atoms with Gasteiger partial charge in [-0.3, -0.25) is 4.31 Å². The van der Waals surface area contributed by atoms with Gasteiger partial charge in [-0.25, -0.2) is 18.0 Å². The highest BCUT2D eigenvalue weighted by atomic mass is 35.5. The molecule has 0 saturated carbocycles. The van der Waals surface area contributed by atoms with E-state index in [9.17, 15) is 18.0 Å². The Bertz CT molecular complexity index is 1330. The molecule has 1 aromatic heterocycles. The van der Waals surface area contributed by atoms with Crippen molar-refractivity contribution in [2.45, 2.75) is 18.4 Å². The molecule has 0 aliphatic rings. The number of benzene rings is 2. The summed E-state index contributed by atoms with van der Waals surface area (Å²) in [4.78, 5) is 24.2. The van der Waals surface area contributed by atoms with Crippen LogP contribution in [0.25, 0.3) is 0 Å². The second-order valence-corrected chi connectivity index (χ2v) is 9.32. The maximum absolute atomic E-state index is 13.4. The maximum atomic E-state index is 13.4. The number of methoxy groups -OCH3 is 1. The summed E-state index contributed by atoms with van der Waals surface area (Å²) < 4.78 is 43.2. The van der Waals surface area contributed by atoms with Crippen LogP contribution in [-0.4, -0.2) is 34.0 Å². The number of ether oxygens (including phenoxy) is 2. The van der Waals surface area contributed by atoms with E-state index >= 15 is 0 Å². The minimum absolute atomic E-state index is 0.0234. The molecule has 0 spiro atoms. The third-order valence-corrected chi connectivity index (χ3v) is 6.89. The molecule has 34 heavy (non-hydrogen) atoms. The smallest absolute Gasteiger partial charge is 0.341 e. The topological polar surface area (TPSA) is 103 Å². The van der Waals surface area contributed by atoms with Crippen molar-refractivity contribution >= 4 is 39.3 Å². The Kier molecular flexibility index (Phi) is 7.80. The standard InChI is InChI=1S/C24H22ClNO7S/c1-4-12-26(22-11-6-5-10-21(22)25)34(29,30)19-9-7-8-17(13-19)23(27)32-15-18-14-20(16(2)33-18)24(28)31-3/h4-11,13-14H,1,12,15H2,2-3H3. The van der Waals surface area contributed by atoms with Gasteiger partial charge in [0.1, 0.15) is 23.7 Å². The van der Waals surface area contributed by atoms with Crippen LogP contribution in [0.1, 0.15) is 32.2 Å². The number of para-hydroxylation sites is 1. The minimum atomic E-state index is -4.08. The molecule has 2 aromatic carbocycles. The van der Waals surface area contributed by atoms with Gasteiger partial charge in [0.2, 0.25) is 0 Å².